The normalized spacial score (nSPS) is 13.7. The topological polar surface area (TPSA) is 152 Å². The molecule has 3 aromatic heterocycles. The Bertz CT molecular complexity index is 1710. The van der Waals surface area contributed by atoms with Crippen LogP contribution in [0, 0.1) is 17.5 Å². The van der Waals surface area contributed by atoms with E-state index in [1.807, 2.05) is 4.90 Å². The standard InChI is InChI=1S/C24H22F3N9O4S/c1-2-33-12-14(22(39)40)20(38)13-11-28-23(29-21(13)33)35-8-6-34(7-9-35)17(37)5-10-41-24-30-31-32-36(24)16-4-3-15(25)18(26)19(16)27/h3-4,11-12H,2,5-10H2,1H3,(H,39,40). The van der Waals surface area contributed by atoms with Crippen LogP contribution in [0.25, 0.3) is 16.7 Å². The first kappa shape index (κ1) is 28.0. The van der Waals surface area contributed by atoms with Crippen LogP contribution in [-0.2, 0) is 11.3 Å². The molecule has 0 unspecified atom stereocenters. The second-order valence-electron chi connectivity index (χ2n) is 8.90. The SMILES string of the molecule is CCn1cc(C(=O)O)c(=O)c2cnc(N3CCN(C(=O)CCSc4nnnn4-c4ccc(F)c(F)c4F)CC3)nc21. The minimum absolute atomic E-state index is 0.111. The number of tetrazole rings is 1. The van der Waals surface area contributed by atoms with E-state index >= 15 is 0 Å². The van der Waals surface area contributed by atoms with Crippen molar-refractivity contribution in [2.75, 3.05) is 36.8 Å². The van der Waals surface area contributed by atoms with Crippen molar-refractivity contribution in [3.05, 3.63) is 57.8 Å². The van der Waals surface area contributed by atoms with Crippen LogP contribution in [0.15, 0.2) is 34.5 Å². The van der Waals surface area contributed by atoms with E-state index < -0.39 is 28.8 Å². The van der Waals surface area contributed by atoms with Crippen molar-refractivity contribution in [1.29, 1.82) is 0 Å². The van der Waals surface area contributed by atoms with Crippen molar-refractivity contribution in [3.63, 3.8) is 0 Å². The first-order chi connectivity index (χ1) is 19.7. The predicted octanol–water partition coefficient (Wildman–Crippen LogP) is 1.73. The van der Waals surface area contributed by atoms with Crippen molar-refractivity contribution in [1.82, 2.24) is 39.6 Å². The van der Waals surface area contributed by atoms with Gasteiger partial charge in [0.2, 0.25) is 22.4 Å². The Morgan fingerprint density at radius 3 is 2.56 bits per heavy atom. The van der Waals surface area contributed by atoms with Crippen molar-refractivity contribution in [3.8, 4) is 5.69 Å². The number of piperazine rings is 1. The number of carbonyl (C=O) groups is 2. The van der Waals surface area contributed by atoms with Crippen molar-refractivity contribution >= 4 is 40.6 Å². The number of amides is 1. The molecule has 13 nitrogen and oxygen atoms in total. The molecule has 1 aliphatic rings. The number of fused-ring (bicyclic) bond motifs is 1. The minimum atomic E-state index is -1.63. The molecule has 0 aliphatic carbocycles. The van der Waals surface area contributed by atoms with E-state index in [4.69, 9.17) is 0 Å². The zero-order chi connectivity index (χ0) is 29.3. The zero-order valence-electron chi connectivity index (χ0n) is 21.5. The van der Waals surface area contributed by atoms with E-state index in [0.29, 0.717) is 44.3 Å². The van der Waals surface area contributed by atoms with Crippen molar-refractivity contribution in [2.45, 2.75) is 25.0 Å². The molecule has 0 bridgehead atoms. The average Bonchev–Trinajstić information content (AvgIpc) is 3.44. The van der Waals surface area contributed by atoms with Gasteiger partial charge >= 0.3 is 5.97 Å². The summed E-state index contributed by atoms with van der Waals surface area (Å²) in [5.74, 6) is -5.22. The summed E-state index contributed by atoms with van der Waals surface area (Å²) in [7, 11) is 0. The molecule has 0 saturated carbocycles. The number of carboxylic acids is 1. The van der Waals surface area contributed by atoms with Gasteiger partial charge in [-0.25, -0.2) is 22.9 Å². The molecule has 0 spiro atoms. The number of rotatable bonds is 8. The van der Waals surface area contributed by atoms with Gasteiger partial charge < -0.3 is 19.5 Å². The quantitative estimate of drug-likeness (QED) is 0.236. The van der Waals surface area contributed by atoms with Crippen LogP contribution in [0.2, 0.25) is 0 Å². The number of aryl methyl sites for hydroxylation is 1. The predicted molar refractivity (Wildman–Crippen MR) is 140 cm³/mol. The summed E-state index contributed by atoms with van der Waals surface area (Å²) < 4.78 is 43.6. The number of aromatic nitrogens is 7. The third kappa shape index (κ3) is 5.44. The number of aromatic carboxylic acids is 1. The van der Waals surface area contributed by atoms with Crippen molar-refractivity contribution < 1.29 is 27.9 Å². The summed E-state index contributed by atoms with van der Waals surface area (Å²) in [6.07, 6.45) is 2.72. The number of carbonyl (C=O) groups excluding carboxylic acids is 1. The zero-order valence-corrected chi connectivity index (χ0v) is 22.3. The van der Waals surface area contributed by atoms with Gasteiger partial charge in [-0.15, -0.1) is 5.10 Å². The Kier molecular flexibility index (Phi) is 7.87. The van der Waals surface area contributed by atoms with Gasteiger partial charge in [0.1, 0.15) is 16.9 Å². The summed E-state index contributed by atoms with van der Waals surface area (Å²) in [6, 6.07) is 1.79. The van der Waals surface area contributed by atoms with Crippen LogP contribution < -0.4 is 10.3 Å². The highest BCUT2D eigenvalue weighted by Crippen LogP contribution is 2.24. The second-order valence-corrected chi connectivity index (χ2v) is 9.97. The van der Waals surface area contributed by atoms with Crippen LogP contribution in [0.3, 0.4) is 0 Å². The maximum Gasteiger partial charge on any atom is 0.341 e. The van der Waals surface area contributed by atoms with Crippen LogP contribution >= 0.6 is 11.8 Å². The van der Waals surface area contributed by atoms with E-state index in [2.05, 4.69) is 25.5 Å². The van der Waals surface area contributed by atoms with Gasteiger partial charge in [-0.1, -0.05) is 11.8 Å². The molecule has 0 atom stereocenters. The molecule has 1 N–H and O–H groups in total. The third-order valence-corrected chi connectivity index (χ3v) is 7.44. The molecule has 4 heterocycles. The Hall–Kier alpha value is -4.54. The molecule has 41 heavy (non-hydrogen) atoms. The summed E-state index contributed by atoms with van der Waals surface area (Å²) in [6.45, 7) is 3.85. The van der Waals surface area contributed by atoms with Crippen LogP contribution in [0.4, 0.5) is 19.1 Å². The summed E-state index contributed by atoms with van der Waals surface area (Å²) in [5.41, 5.74) is -1.03. The smallest absolute Gasteiger partial charge is 0.341 e. The van der Waals surface area contributed by atoms with E-state index in [0.717, 1.165) is 28.6 Å². The van der Waals surface area contributed by atoms with Gasteiger partial charge in [-0.3, -0.25) is 9.59 Å². The van der Waals surface area contributed by atoms with Gasteiger partial charge in [0.05, 0.1) is 5.39 Å². The largest absolute Gasteiger partial charge is 0.477 e. The maximum absolute atomic E-state index is 14.2. The number of carboxylic acid groups (broad SMARTS) is 1. The Morgan fingerprint density at radius 2 is 1.85 bits per heavy atom. The molecule has 4 aromatic rings. The lowest BCUT2D eigenvalue weighted by atomic mass is 10.2. The van der Waals surface area contributed by atoms with E-state index in [9.17, 15) is 32.7 Å². The van der Waals surface area contributed by atoms with Gasteiger partial charge in [-0.2, -0.15) is 9.67 Å². The highest BCUT2D eigenvalue weighted by molar-refractivity contribution is 7.99. The number of thioether (sulfide) groups is 1. The number of nitrogens with zero attached hydrogens (tertiary/aromatic N) is 9. The summed E-state index contributed by atoms with van der Waals surface area (Å²) in [4.78, 5) is 49.1. The number of hydrogen-bond donors (Lipinski definition) is 1. The molecule has 1 aliphatic heterocycles. The molecule has 1 fully saturated rings. The fourth-order valence-corrected chi connectivity index (χ4v) is 5.16. The molecule has 1 aromatic carbocycles. The lowest BCUT2D eigenvalue weighted by Gasteiger charge is -2.34. The monoisotopic (exact) mass is 589 g/mol. The van der Waals surface area contributed by atoms with Gasteiger partial charge in [0.25, 0.3) is 0 Å². The van der Waals surface area contributed by atoms with Gasteiger partial charge in [0.15, 0.2) is 17.5 Å². The number of pyridine rings is 1. The van der Waals surface area contributed by atoms with Crippen LogP contribution in [0.5, 0.6) is 0 Å². The number of halogens is 3. The molecule has 214 valence electrons. The summed E-state index contributed by atoms with van der Waals surface area (Å²) in [5, 5.41) is 20.4. The molecular formula is C24H22F3N9O4S. The van der Waals surface area contributed by atoms with Gasteiger partial charge in [0, 0.05) is 57.3 Å². The first-order valence-corrected chi connectivity index (χ1v) is 13.4. The van der Waals surface area contributed by atoms with E-state index in [1.54, 1.807) is 16.4 Å². The van der Waals surface area contributed by atoms with Crippen LogP contribution in [-0.4, -0.2) is 88.6 Å². The van der Waals surface area contributed by atoms with E-state index in [1.165, 1.54) is 12.4 Å². The average molecular weight is 590 g/mol. The molecule has 0 radical (unpaired) electrons. The molecular weight excluding hydrogens is 567 g/mol. The fraction of sp³-hybridized carbons (Fsp3) is 0.333. The van der Waals surface area contributed by atoms with Gasteiger partial charge in [-0.05, 0) is 29.5 Å². The second kappa shape index (κ2) is 11.5. The van der Waals surface area contributed by atoms with Crippen LogP contribution in [0.1, 0.15) is 23.7 Å². The Labute approximate surface area is 233 Å². The van der Waals surface area contributed by atoms with E-state index in [-0.39, 0.29) is 39.9 Å². The maximum atomic E-state index is 14.2. The number of benzene rings is 1. The lowest BCUT2D eigenvalue weighted by molar-refractivity contribution is -0.131. The number of anilines is 1. The highest BCUT2D eigenvalue weighted by Gasteiger charge is 2.25. The molecule has 1 saturated heterocycles. The Morgan fingerprint density at radius 1 is 1.10 bits per heavy atom. The highest BCUT2D eigenvalue weighted by atomic mass is 32.2. The van der Waals surface area contributed by atoms with Crippen molar-refractivity contribution in [2.24, 2.45) is 0 Å². The third-order valence-electron chi connectivity index (χ3n) is 6.52. The summed E-state index contributed by atoms with van der Waals surface area (Å²) >= 11 is 1.07. The molecule has 1 amide bonds. The Balaban J connectivity index is 1.19. The lowest BCUT2D eigenvalue weighted by Crippen LogP contribution is -2.49. The first-order valence-electron chi connectivity index (χ1n) is 12.4. The molecule has 5 rings (SSSR count). The molecule has 17 heteroatoms. The number of hydrogen-bond acceptors (Lipinski definition) is 10. The fourth-order valence-electron chi connectivity index (χ4n) is 4.35. The minimum Gasteiger partial charge on any atom is -0.477 e.